The van der Waals surface area contributed by atoms with E-state index in [9.17, 15) is 14.1 Å². The van der Waals surface area contributed by atoms with Gasteiger partial charge in [0.05, 0.1) is 6.10 Å². The predicted octanol–water partition coefficient (Wildman–Crippen LogP) is 3.91. The van der Waals surface area contributed by atoms with Gasteiger partial charge < -0.3 is 14.5 Å². The third-order valence-corrected chi connectivity index (χ3v) is 6.27. The van der Waals surface area contributed by atoms with Gasteiger partial charge in [0.25, 0.3) is 7.37 Å². The Hall–Kier alpha value is -1.68. The molecule has 0 aromatic heterocycles. The SMILES string of the molecule is CC(C)O[P@@](=O)(c1ccc(N(C)C)cc1)[C@H](O)c1ccccc1F. The number of hydrogen-bond donors (Lipinski definition) is 1. The number of rotatable bonds is 6. The van der Waals surface area contributed by atoms with Gasteiger partial charge in [-0.25, -0.2) is 4.39 Å². The number of aliphatic hydroxyl groups is 1. The van der Waals surface area contributed by atoms with E-state index in [0.717, 1.165) is 5.69 Å². The topological polar surface area (TPSA) is 49.8 Å². The molecule has 0 radical (unpaired) electrons. The average molecular weight is 351 g/mol. The molecule has 2 atom stereocenters. The van der Waals surface area contributed by atoms with Crippen LogP contribution in [-0.4, -0.2) is 25.3 Å². The molecule has 0 aliphatic heterocycles. The normalized spacial score (nSPS) is 15.1. The van der Waals surface area contributed by atoms with Crippen molar-refractivity contribution in [3.8, 4) is 0 Å². The minimum atomic E-state index is -3.72. The Morgan fingerprint density at radius 3 is 2.17 bits per heavy atom. The Balaban J connectivity index is 2.50. The van der Waals surface area contributed by atoms with E-state index in [1.54, 1.807) is 44.2 Å². The third-order valence-electron chi connectivity index (χ3n) is 3.60. The smallest absolute Gasteiger partial charge is 0.264 e. The van der Waals surface area contributed by atoms with Crippen molar-refractivity contribution in [2.75, 3.05) is 19.0 Å². The Labute approximate surface area is 142 Å². The first kappa shape index (κ1) is 18.7. The lowest BCUT2D eigenvalue weighted by molar-refractivity contribution is 0.186. The molecule has 2 aromatic rings. The fourth-order valence-electron chi connectivity index (χ4n) is 2.40. The quantitative estimate of drug-likeness (QED) is 0.802. The number of hydrogen-bond acceptors (Lipinski definition) is 4. The Bertz CT molecular complexity index is 731. The average Bonchev–Trinajstić information content (AvgIpc) is 2.54. The molecular weight excluding hydrogens is 328 g/mol. The molecule has 6 heteroatoms. The summed E-state index contributed by atoms with van der Waals surface area (Å²) in [6.45, 7) is 3.46. The van der Waals surface area contributed by atoms with Crippen LogP contribution in [0.2, 0.25) is 0 Å². The standard InChI is InChI=1S/C18H23FNO3P/c1-13(2)23-24(22,15-11-9-14(10-12-15)20(3)4)18(21)16-7-5-6-8-17(16)19/h5-13,18,21H,1-4H3/t18-,24-/m0/s1. The van der Waals surface area contributed by atoms with Crippen molar-refractivity contribution in [3.63, 3.8) is 0 Å². The van der Waals surface area contributed by atoms with Gasteiger partial charge >= 0.3 is 0 Å². The molecule has 0 heterocycles. The summed E-state index contributed by atoms with van der Waals surface area (Å²) in [6, 6.07) is 12.7. The van der Waals surface area contributed by atoms with Gasteiger partial charge in [0.2, 0.25) is 0 Å². The van der Waals surface area contributed by atoms with Crippen LogP contribution in [0.25, 0.3) is 0 Å². The first-order valence-electron chi connectivity index (χ1n) is 7.74. The van der Waals surface area contributed by atoms with Crippen LogP contribution in [0.3, 0.4) is 0 Å². The second-order valence-corrected chi connectivity index (χ2v) is 8.47. The molecule has 0 saturated carbocycles. The van der Waals surface area contributed by atoms with Crippen LogP contribution in [0.15, 0.2) is 48.5 Å². The maximum Gasteiger partial charge on any atom is 0.264 e. The minimum Gasteiger partial charge on any atom is -0.378 e. The van der Waals surface area contributed by atoms with Crippen molar-refractivity contribution in [3.05, 3.63) is 59.9 Å². The number of anilines is 1. The van der Waals surface area contributed by atoms with E-state index in [1.165, 1.54) is 18.2 Å². The highest BCUT2D eigenvalue weighted by Crippen LogP contribution is 2.58. The molecule has 4 nitrogen and oxygen atoms in total. The van der Waals surface area contributed by atoms with Gasteiger partial charge in [-0.15, -0.1) is 0 Å². The molecule has 0 unspecified atom stereocenters. The van der Waals surface area contributed by atoms with E-state index >= 15 is 0 Å². The lowest BCUT2D eigenvalue weighted by Gasteiger charge is -2.27. The van der Waals surface area contributed by atoms with Crippen LogP contribution < -0.4 is 10.2 Å². The fourth-order valence-corrected chi connectivity index (χ4v) is 4.69. The monoisotopic (exact) mass is 351 g/mol. The molecule has 2 rings (SSSR count). The molecule has 24 heavy (non-hydrogen) atoms. The second-order valence-electron chi connectivity index (χ2n) is 6.06. The Morgan fingerprint density at radius 1 is 1.08 bits per heavy atom. The summed E-state index contributed by atoms with van der Waals surface area (Å²) in [5, 5.41) is 11.0. The molecular formula is C18H23FNO3P. The van der Waals surface area contributed by atoms with Crippen LogP contribution >= 0.6 is 7.37 Å². The molecule has 2 aromatic carbocycles. The van der Waals surface area contributed by atoms with E-state index in [1.807, 2.05) is 19.0 Å². The summed E-state index contributed by atoms with van der Waals surface area (Å²) < 4.78 is 33.2. The summed E-state index contributed by atoms with van der Waals surface area (Å²) in [5.41, 5.74) is 0.897. The van der Waals surface area contributed by atoms with Gasteiger partial charge in [0.15, 0.2) is 5.85 Å². The molecule has 0 saturated heterocycles. The predicted molar refractivity (Wildman–Crippen MR) is 95.6 cm³/mol. The fraction of sp³-hybridized carbons (Fsp3) is 0.333. The zero-order valence-electron chi connectivity index (χ0n) is 14.3. The van der Waals surface area contributed by atoms with Gasteiger partial charge in [-0.1, -0.05) is 18.2 Å². The molecule has 0 fully saturated rings. The van der Waals surface area contributed by atoms with Gasteiger partial charge in [-0.2, -0.15) is 0 Å². The zero-order valence-corrected chi connectivity index (χ0v) is 15.2. The van der Waals surface area contributed by atoms with Gasteiger partial charge in [-0.05, 0) is 44.2 Å². The molecule has 0 aliphatic rings. The van der Waals surface area contributed by atoms with Crippen molar-refractivity contribution in [2.24, 2.45) is 0 Å². The van der Waals surface area contributed by atoms with Crippen molar-refractivity contribution < 1.29 is 18.6 Å². The molecule has 130 valence electrons. The molecule has 0 aliphatic carbocycles. The largest absolute Gasteiger partial charge is 0.378 e. The third kappa shape index (κ3) is 3.86. The van der Waals surface area contributed by atoms with Crippen LogP contribution in [0.5, 0.6) is 0 Å². The highest BCUT2D eigenvalue weighted by Gasteiger charge is 2.38. The molecule has 0 amide bonds. The molecule has 0 spiro atoms. The van der Waals surface area contributed by atoms with E-state index in [4.69, 9.17) is 4.52 Å². The van der Waals surface area contributed by atoms with Crippen LogP contribution in [-0.2, 0) is 9.09 Å². The van der Waals surface area contributed by atoms with Crippen molar-refractivity contribution >= 4 is 18.4 Å². The lowest BCUT2D eigenvalue weighted by Crippen LogP contribution is -2.18. The summed E-state index contributed by atoms with van der Waals surface area (Å²) in [4.78, 5) is 1.91. The van der Waals surface area contributed by atoms with E-state index in [0.29, 0.717) is 5.30 Å². The number of halogens is 1. The van der Waals surface area contributed by atoms with Gasteiger partial charge in [-0.3, -0.25) is 4.57 Å². The van der Waals surface area contributed by atoms with Crippen LogP contribution in [0, 0.1) is 5.82 Å². The highest BCUT2D eigenvalue weighted by molar-refractivity contribution is 7.67. The number of nitrogens with zero attached hydrogens (tertiary/aromatic N) is 1. The van der Waals surface area contributed by atoms with Crippen molar-refractivity contribution in [2.45, 2.75) is 25.8 Å². The Kier molecular flexibility index (Phi) is 5.81. The summed E-state index contributed by atoms with van der Waals surface area (Å²) in [6.07, 6.45) is -0.384. The summed E-state index contributed by atoms with van der Waals surface area (Å²) >= 11 is 0. The maximum atomic E-state index is 14.1. The first-order valence-corrected chi connectivity index (χ1v) is 9.43. The van der Waals surface area contributed by atoms with Gasteiger partial charge in [0, 0.05) is 30.7 Å². The maximum absolute atomic E-state index is 14.1. The lowest BCUT2D eigenvalue weighted by atomic mass is 10.2. The second kappa shape index (κ2) is 7.47. The van der Waals surface area contributed by atoms with Crippen molar-refractivity contribution in [1.82, 2.24) is 0 Å². The molecule has 0 bridgehead atoms. The van der Waals surface area contributed by atoms with E-state index < -0.39 is 19.0 Å². The minimum absolute atomic E-state index is 0.0295. The summed E-state index contributed by atoms with van der Waals surface area (Å²) in [7, 11) is 0.0717. The van der Waals surface area contributed by atoms with Crippen molar-refractivity contribution in [1.29, 1.82) is 0 Å². The zero-order chi connectivity index (χ0) is 17.9. The van der Waals surface area contributed by atoms with Crippen LogP contribution in [0.4, 0.5) is 10.1 Å². The van der Waals surface area contributed by atoms with Gasteiger partial charge in [0.1, 0.15) is 5.82 Å². The highest BCUT2D eigenvalue weighted by atomic mass is 31.2. The summed E-state index contributed by atoms with van der Waals surface area (Å²) in [5.74, 6) is -2.17. The Morgan fingerprint density at radius 2 is 1.67 bits per heavy atom. The number of aliphatic hydroxyl groups excluding tert-OH is 1. The first-order chi connectivity index (χ1) is 11.3. The van der Waals surface area contributed by atoms with E-state index in [-0.39, 0.29) is 11.7 Å². The van der Waals surface area contributed by atoms with Crippen LogP contribution in [0.1, 0.15) is 25.3 Å². The number of benzene rings is 2. The van der Waals surface area contributed by atoms with E-state index in [2.05, 4.69) is 0 Å². The molecule has 1 N–H and O–H groups in total.